The lowest BCUT2D eigenvalue weighted by atomic mass is 10.2. The molecule has 126 valence electrons. The molecule has 0 radical (unpaired) electrons. The smallest absolute Gasteiger partial charge is 0.317 e. The monoisotopic (exact) mass is 348 g/mol. The summed E-state index contributed by atoms with van der Waals surface area (Å²) in [6.07, 6.45) is 1.12. The predicted octanol–water partition coefficient (Wildman–Crippen LogP) is 1.81. The Balaban J connectivity index is 0.00000220. The standard InChI is InChI=1S/C15H24N4O.2ClH/c1-4-16-8-5-9-17-11-12-6-7-13-14(10-12)19(3)15(20)18(13)2;;/h6-7,10,16-17H,4-5,8-9,11H2,1-3H3;2*1H. The number of fused-ring (bicyclic) bond motifs is 1. The third kappa shape index (κ3) is 4.74. The van der Waals surface area contributed by atoms with Crippen LogP contribution in [0, 0.1) is 0 Å². The molecule has 1 aromatic carbocycles. The number of nitrogens with zero attached hydrogens (tertiary/aromatic N) is 2. The first-order chi connectivity index (χ1) is 9.65. The SMILES string of the molecule is CCNCCCNCc1ccc2c(c1)n(C)c(=O)n2C.Cl.Cl. The van der Waals surface area contributed by atoms with Crippen LogP contribution in [-0.2, 0) is 20.6 Å². The van der Waals surface area contributed by atoms with Crippen LogP contribution in [0.3, 0.4) is 0 Å². The molecule has 0 unspecified atom stereocenters. The number of nitrogens with one attached hydrogen (secondary N) is 2. The van der Waals surface area contributed by atoms with E-state index in [0.717, 1.165) is 43.6 Å². The van der Waals surface area contributed by atoms with Crippen LogP contribution in [0.1, 0.15) is 18.9 Å². The van der Waals surface area contributed by atoms with Crippen LogP contribution in [0.25, 0.3) is 11.0 Å². The van der Waals surface area contributed by atoms with Gasteiger partial charge in [-0.25, -0.2) is 4.79 Å². The Hall–Kier alpha value is -1.01. The van der Waals surface area contributed by atoms with E-state index in [1.807, 2.05) is 20.2 Å². The topological polar surface area (TPSA) is 51.0 Å². The van der Waals surface area contributed by atoms with Crippen molar-refractivity contribution in [2.75, 3.05) is 19.6 Å². The van der Waals surface area contributed by atoms with Gasteiger partial charge in [0.25, 0.3) is 0 Å². The largest absolute Gasteiger partial charge is 0.328 e. The van der Waals surface area contributed by atoms with E-state index in [4.69, 9.17) is 0 Å². The van der Waals surface area contributed by atoms with Crippen LogP contribution in [0.5, 0.6) is 0 Å². The minimum absolute atomic E-state index is 0. The quantitative estimate of drug-likeness (QED) is 0.750. The fourth-order valence-corrected chi connectivity index (χ4v) is 2.41. The van der Waals surface area contributed by atoms with Crippen molar-refractivity contribution < 1.29 is 0 Å². The molecule has 0 saturated heterocycles. The first-order valence-corrected chi connectivity index (χ1v) is 7.21. The summed E-state index contributed by atoms with van der Waals surface area (Å²) in [6, 6.07) is 6.19. The highest BCUT2D eigenvalue weighted by atomic mass is 35.5. The minimum atomic E-state index is 0. The molecule has 0 bridgehead atoms. The van der Waals surface area contributed by atoms with E-state index < -0.39 is 0 Å². The molecule has 0 fully saturated rings. The van der Waals surface area contributed by atoms with E-state index in [0.29, 0.717) is 0 Å². The zero-order chi connectivity index (χ0) is 14.5. The van der Waals surface area contributed by atoms with Crippen molar-refractivity contribution in [2.24, 2.45) is 14.1 Å². The molecular formula is C15H26Cl2N4O. The van der Waals surface area contributed by atoms with Gasteiger partial charge in [-0.15, -0.1) is 24.8 Å². The van der Waals surface area contributed by atoms with Crippen LogP contribution < -0.4 is 16.3 Å². The normalized spacial score (nSPS) is 10.3. The molecule has 0 saturated carbocycles. The molecule has 0 amide bonds. The lowest BCUT2D eigenvalue weighted by Crippen LogP contribution is -2.21. The summed E-state index contributed by atoms with van der Waals surface area (Å²) in [5.74, 6) is 0. The molecule has 1 heterocycles. The Morgan fingerprint density at radius 1 is 1.00 bits per heavy atom. The average Bonchev–Trinajstić information content (AvgIpc) is 2.67. The first kappa shape index (κ1) is 21.0. The summed E-state index contributed by atoms with van der Waals surface area (Å²) in [5.41, 5.74) is 3.20. The van der Waals surface area contributed by atoms with Gasteiger partial charge in [0, 0.05) is 20.6 Å². The Bertz CT molecular complexity index is 636. The fourth-order valence-electron chi connectivity index (χ4n) is 2.41. The second kappa shape index (κ2) is 9.90. The molecule has 5 nitrogen and oxygen atoms in total. The molecule has 2 N–H and O–H groups in total. The van der Waals surface area contributed by atoms with Gasteiger partial charge < -0.3 is 10.6 Å². The first-order valence-electron chi connectivity index (χ1n) is 7.21. The zero-order valence-corrected chi connectivity index (χ0v) is 15.0. The third-order valence-electron chi connectivity index (χ3n) is 3.62. The molecule has 1 aromatic heterocycles. The van der Waals surface area contributed by atoms with Crippen LogP contribution in [-0.4, -0.2) is 28.8 Å². The number of rotatable bonds is 7. The van der Waals surface area contributed by atoms with Crippen molar-refractivity contribution in [1.29, 1.82) is 0 Å². The van der Waals surface area contributed by atoms with E-state index in [1.54, 1.807) is 9.13 Å². The predicted molar refractivity (Wildman–Crippen MR) is 97.5 cm³/mol. The molecule has 2 rings (SSSR count). The van der Waals surface area contributed by atoms with Crippen molar-refractivity contribution >= 4 is 35.8 Å². The zero-order valence-electron chi connectivity index (χ0n) is 13.4. The van der Waals surface area contributed by atoms with E-state index in [2.05, 4.69) is 29.7 Å². The summed E-state index contributed by atoms with van der Waals surface area (Å²) >= 11 is 0. The van der Waals surface area contributed by atoms with Crippen molar-refractivity contribution in [2.45, 2.75) is 19.9 Å². The maximum Gasteiger partial charge on any atom is 0.328 e. The Morgan fingerprint density at radius 3 is 2.32 bits per heavy atom. The average molecular weight is 349 g/mol. The summed E-state index contributed by atoms with van der Waals surface area (Å²) in [6.45, 7) is 6.03. The fraction of sp³-hybridized carbons (Fsp3) is 0.533. The Kier molecular flexibility index (Phi) is 9.44. The highest BCUT2D eigenvalue weighted by Crippen LogP contribution is 2.13. The van der Waals surface area contributed by atoms with E-state index in [1.165, 1.54) is 5.56 Å². The molecule has 0 spiro atoms. The highest BCUT2D eigenvalue weighted by molar-refractivity contribution is 5.85. The highest BCUT2D eigenvalue weighted by Gasteiger charge is 2.07. The molecule has 0 aliphatic heterocycles. The van der Waals surface area contributed by atoms with Crippen LogP contribution in [0.15, 0.2) is 23.0 Å². The van der Waals surface area contributed by atoms with Gasteiger partial charge in [-0.1, -0.05) is 13.0 Å². The maximum absolute atomic E-state index is 11.9. The molecule has 0 aliphatic carbocycles. The Morgan fingerprint density at radius 2 is 1.64 bits per heavy atom. The van der Waals surface area contributed by atoms with Crippen LogP contribution >= 0.6 is 24.8 Å². The summed E-state index contributed by atoms with van der Waals surface area (Å²) in [5, 5.41) is 6.74. The molecule has 7 heteroatoms. The van der Waals surface area contributed by atoms with E-state index in [-0.39, 0.29) is 30.5 Å². The van der Waals surface area contributed by atoms with Crippen molar-refractivity contribution in [1.82, 2.24) is 19.8 Å². The number of halogens is 2. The van der Waals surface area contributed by atoms with E-state index in [9.17, 15) is 4.79 Å². The minimum Gasteiger partial charge on any atom is -0.317 e. The summed E-state index contributed by atoms with van der Waals surface area (Å²) in [7, 11) is 3.63. The summed E-state index contributed by atoms with van der Waals surface area (Å²) < 4.78 is 3.38. The number of aromatic nitrogens is 2. The molecular weight excluding hydrogens is 323 g/mol. The van der Waals surface area contributed by atoms with Crippen molar-refractivity contribution in [3.05, 3.63) is 34.2 Å². The molecule has 22 heavy (non-hydrogen) atoms. The van der Waals surface area contributed by atoms with Gasteiger partial charge >= 0.3 is 5.69 Å². The number of imidazole rings is 1. The lowest BCUT2D eigenvalue weighted by Gasteiger charge is -2.06. The van der Waals surface area contributed by atoms with Gasteiger partial charge in [-0.05, 0) is 43.8 Å². The number of benzene rings is 1. The second-order valence-corrected chi connectivity index (χ2v) is 5.11. The van der Waals surface area contributed by atoms with Crippen LogP contribution in [0.4, 0.5) is 0 Å². The van der Waals surface area contributed by atoms with Crippen LogP contribution in [0.2, 0.25) is 0 Å². The molecule has 2 aromatic rings. The number of hydrogen-bond donors (Lipinski definition) is 2. The molecule has 0 aliphatic rings. The van der Waals surface area contributed by atoms with Crippen molar-refractivity contribution in [3.8, 4) is 0 Å². The van der Waals surface area contributed by atoms with Gasteiger partial charge in [0.2, 0.25) is 0 Å². The van der Waals surface area contributed by atoms with Gasteiger partial charge in [0.05, 0.1) is 11.0 Å². The number of aryl methyl sites for hydroxylation is 2. The van der Waals surface area contributed by atoms with Gasteiger partial charge in [0.15, 0.2) is 0 Å². The maximum atomic E-state index is 11.9. The number of hydrogen-bond acceptors (Lipinski definition) is 3. The van der Waals surface area contributed by atoms with Gasteiger partial charge in [-0.3, -0.25) is 9.13 Å². The van der Waals surface area contributed by atoms with Crippen molar-refractivity contribution in [3.63, 3.8) is 0 Å². The second-order valence-electron chi connectivity index (χ2n) is 5.11. The Labute approximate surface area is 143 Å². The lowest BCUT2D eigenvalue weighted by molar-refractivity contribution is 0.606. The van der Waals surface area contributed by atoms with Gasteiger partial charge in [0.1, 0.15) is 0 Å². The van der Waals surface area contributed by atoms with Gasteiger partial charge in [-0.2, -0.15) is 0 Å². The molecule has 0 atom stereocenters. The third-order valence-corrected chi connectivity index (χ3v) is 3.62. The van der Waals surface area contributed by atoms with E-state index >= 15 is 0 Å². The summed E-state index contributed by atoms with van der Waals surface area (Å²) in [4.78, 5) is 11.9.